The fourth-order valence-corrected chi connectivity index (χ4v) is 4.42. The lowest BCUT2D eigenvalue weighted by Gasteiger charge is -2.34. The van der Waals surface area contributed by atoms with Crippen molar-refractivity contribution in [2.24, 2.45) is 0 Å². The average Bonchev–Trinajstić information content (AvgIpc) is 3.05. The number of H-pyrrole nitrogens is 1. The maximum atomic E-state index is 12.9. The second-order valence-corrected chi connectivity index (χ2v) is 8.16. The molecule has 1 atom stereocenters. The van der Waals surface area contributed by atoms with Crippen molar-refractivity contribution in [2.75, 3.05) is 32.8 Å². The SMILES string of the molecule is Cc1cc(C)c2[nH]c(C)c(CC(=O)NCC(c3cccnc3)N3CCOCC3)c2c1. The molecule has 158 valence electrons. The van der Waals surface area contributed by atoms with Crippen LogP contribution in [0.5, 0.6) is 0 Å². The van der Waals surface area contributed by atoms with E-state index in [9.17, 15) is 4.79 Å². The van der Waals surface area contributed by atoms with Gasteiger partial charge in [-0.1, -0.05) is 17.7 Å². The average molecular weight is 407 g/mol. The molecule has 1 amide bonds. The van der Waals surface area contributed by atoms with Gasteiger partial charge in [0.1, 0.15) is 0 Å². The number of aryl methyl sites for hydroxylation is 3. The van der Waals surface area contributed by atoms with Gasteiger partial charge in [-0.15, -0.1) is 0 Å². The molecule has 0 saturated carbocycles. The third kappa shape index (κ3) is 4.40. The largest absolute Gasteiger partial charge is 0.379 e. The first-order chi connectivity index (χ1) is 14.5. The highest BCUT2D eigenvalue weighted by molar-refractivity contribution is 5.92. The number of pyridine rings is 1. The van der Waals surface area contributed by atoms with Gasteiger partial charge in [-0.25, -0.2) is 0 Å². The lowest BCUT2D eigenvalue weighted by molar-refractivity contribution is -0.120. The molecule has 1 aliphatic rings. The predicted octanol–water partition coefficient (Wildman–Crippen LogP) is 3.22. The van der Waals surface area contributed by atoms with Crippen molar-refractivity contribution in [1.29, 1.82) is 0 Å². The van der Waals surface area contributed by atoms with Crippen molar-refractivity contribution >= 4 is 16.8 Å². The van der Waals surface area contributed by atoms with Gasteiger partial charge < -0.3 is 15.0 Å². The fourth-order valence-electron chi connectivity index (χ4n) is 4.42. The number of rotatable bonds is 6. The Labute approximate surface area is 177 Å². The second-order valence-electron chi connectivity index (χ2n) is 8.16. The number of aromatic nitrogens is 2. The highest BCUT2D eigenvalue weighted by Gasteiger charge is 2.24. The Kier molecular flexibility index (Phi) is 6.16. The number of morpholine rings is 1. The first-order valence-corrected chi connectivity index (χ1v) is 10.6. The summed E-state index contributed by atoms with van der Waals surface area (Å²) in [7, 11) is 0. The quantitative estimate of drug-likeness (QED) is 0.659. The van der Waals surface area contributed by atoms with E-state index >= 15 is 0 Å². The maximum Gasteiger partial charge on any atom is 0.224 e. The van der Waals surface area contributed by atoms with E-state index in [1.807, 2.05) is 19.2 Å². The number of aromatic amines is 1. The summed E-state index contributed by atoms with van der Waals surface area (Å²) in [4.78, 5) is 23.0. The minimum Gasteiger partial charge on any atom is -0.379 e. The maximum absolute atomic E-state index is 12.9. The number of ether oxygens (including phenoxy) is 1. The molecule has 1 saturated heterocycles. The van der Waals surface area contributed by atoms with Crippen molar-refractivity contribution in [3.05, 3.63) is 64.6 Å². The van der Waals surface area contributed by atoms with E-state index in [1.165, 1.54) is 11.1 Å². The molecule has 0 spiro atoms. The van der Waals surface area contributed by atoms with Gasteiger partial charge in [-0.2, -0.15) is 0 Å². The normalized spacial score (nSPS) is 16.0. The smallest absolute Gasteiger partial charge is 0.224 e. The Bertz CT molecular complexity index is 1020. The van der Waals surface area contributed by atoms with Crippen LogP contribution in [0, 0.1) is 20.8 Å². The van der Waals surface area contributed by atoms with Gasteiger partial charge in [0.2, 0.25) is 5.91 Å². The molecule has 3 aromatic rings. The Morgan fingerprint density at radius 2 is 2.07 bits per heavy atom. The van der Waals surface area contributed by atoms with Crippen LogP contribution in [0.15, 0.2) is 36.7 Å². The zero-order valence-electron chi connectivity index (χ0n) is 18.0. The molecular weight excluding hydrogens is 376 g/mol. The first kappa shape index (κ1) is 20.6. The minimum atomic E-state index is 0.0420. The molecular formula is C24H30N4O2. The molecule has 4 rings (SSSR count). The summed E-state index contributed by atoms with van der Waals surface area (Å²) in [6.45, 7) is 9.96. The summed E-state index contributed by atoms with van der Waals surface area (Å²) < 4.78 is 5.51. The summed E-state index contributed by atoms with van der Waals surface area (Å²) in [6.07, 6.45) is 4.04. The standard InChI is InChI=1S/C24H30N4O2/c1-16-11-17(2)24-21(12-16)20(18(3)27-24)13-23(29)26-15-22(19-5-4-6-25-14-19)28-7-9-30-10-8-28/h4-6,11-12,14,22,27H,7-10,13,15H2,1-3H3,(H,26,29). The molecule has 0 radical (unpaired) electrons. The van der Waals surface area contributed by atoms with E-state index in [1.54, 1.807) is 6.20 Å². The number of fused-ring (bicyclic) bond motifs is 1. The number of carbonyl (C=O) groups is 1. The van der Waals surface area contributed by atoms with Crippen molar-refractivity contribution in [3.63, 3.8) is 0 Å². The van der Waals surface area contributed by atoms with Crippen LogP contribution in [0.1, 0.15) is 34.0 Å². The predicted molar refractivity (Wildman–Crippen MR) is 119 cm³/mol. The van der Waals surface area contributed by atoms with Gasteiger partial charge >= 0.3 is 0 Å². The molecule has 1 unspecified atom stereocenters. The molecule has 0 bridgehead atoms. The summed E-state index contributed by atoms with van der Waals surface area (Å²) in [5.41, 5.74) is 6.81. The molecule has 1 fully saturated rings. The van der Waals surface area contributed by atoms with Gasteiger partial charge in [0.15, 0.2) is 0 Å². The summed E-state index contributed by atoms with van der Waals surface area (Å²) in [6, 6.07) is 8.46. The molecule has 2 N–H and O–H groups in total. The van der Waals surface area contributed by atoms with Gasteiger partial charge in [-0.3, -0.25) is 14.7 Å². The van der Waals surface area contributed by atoms with E-state index in [0.29, 0.717) is 13.0 Å². The Hall–Kier alpha value is -2.70. The fraction of sp³-hybridized carbons (Fsp3) is 0.417. The summed E-state index contributed by atoms with van der Waals surface area (Å²) in [5.74, 6) is 0.0420. The van der Waals surface area contributed by atoms with E-state index in [0.717, 1.165) is 54.0 Å². The van der Waals surface area contributed by atoms with Crippen LogP contribution in [0.2, 0.25) is 0 Å². The lowest BCUT2D eigenvalue weighted by atomic mass is 10.0. The summed E-state index contributed by atoms with van der Waals surface area (Å²) >= 11 is 0. The molecule has 6 nitrogen and oxygen atoms in total. The summed E-state index contributed by atoms with van der Waals surface area (Å²) in [5, 5.41) is 4.33. The van der Waals surface area contributed by atoms with Gasteiger partial charge in [0.05, 0.1) is 25.7 Å². The monoisotopic (exact) mass is 406 g/mol. The van der Waals surface area contributed by atoms with Gasteiger partial charge in [0.25, 0.3) is 0 Å². The van der Waals surface area contributed by atoms with E-state index in [4.69, 9.17) is 4.74 Å². The van der Waals surface area contributed by atoms with Crippen LogP contribution in [-0.4, -0.2) is 53.6 Å². The number of nitrogens with one attached hydrogen (secondary N) is 2. The highest BCUT2D eigenvalue weighted by Crippen LogP contribution is 2.27. The van der Waals surface area contributed by atoms with Crippen LogP contribution in [0.4, 0.5) is 0 Å². The zero-order valence-corrected chi connectivity index (χ0v) is 18.0. The molecule has 1 aromatic carbocycles. The van der Waals surface area contributed by atoms with Crippen molar-refractivity contribution < 1.29 is 9.53 Å². The topological polar surface area (TPSA) is 70.2 Å². The van der Waals surface area contributed by atoms with E-state index in [2.05, 4.69) is 52.2 Å². The number of nitrogens with zero attached hydrogens (tertiary/aromatic N) is 2. The Morgan fingerprint density at radius 3 is 2.80 bits per heavy atom. The van der Waals surface area contributed by atoms with Crippen LogP contribution >= 0.6 is 0 Å². The Morgan fingerprint density at radius 1 is 1.27 bits per heavy atom. The number of amides is 1. The zero-order chi connectivity index (χ0) is 21.1. The van der Waals surface area contributed by atoms with Crippen LogP contribution < -0.4 is 5.32 Å². The number of carbonyl (C=O) groups excluding carboxylic acids is 1. The third-order valence-corrected chi connectivity index (χ3v) is 5.96. The van der Waals surface area contributed by atoms with Crippen molar-refractivity contribution in [2.45, 2.75) is 33.2 Å². The van der Waals surface area contributed by atoms with Crippen molar-refractivity contribution in [1.82, 2.24) is 20.2 Å². The minimum absolute atomic E-state index is 0.0420. The second kappa shape index (κ2) is 8.98. The lowest BCUT2D eigenvalue weighted by Crippen LogP contribution is -2.44. The van der Waals surface area contributed by atoms with Gasteiger partial charge in [-0.05, 0) is 49.6 Å². The molecule has 2 aromatic heterocycles. The molecule has 0 aliphatic carbocycles. The number of hydrogen-bond acceptors (Lipinski definition) is 4. The molecule has 3 heterocycles. The van der Waals surface area contributed by atoms with Crippen LogP contribution in [0.25, 0.3) is 10.9 Å². The molecule has 30 heavy (non-hydrogen) atoms. The molecule has 1 aliphatic heterocycles. The number of hydrogen-bond donors (Lipinski definition) is 2. The Balaban J connectivity index is 1.49. The third-order valence-electron chi connectivity index (χ3n) is 5.96. The first-order valence-electron chi connectivity index (χ1n) is 10.6. The number of benzene rings is 1. The van der Waals surface area contributed by atoms with E-state index in [-0.39, 0.29) is 11.9 Å². The van der Waals surface area contributed by atoms with Crippen molar-refractivity contribution in [3.8, 4) is 0 Å². The molecule has 6 heteroatoms. The van der Waals surface area contributed by atoms with E-state index < -0.39 is 0 Å². The van der Waals surface area contributed by atoms with Crippen LogP contribution in [0.3, 0.4) is 0 Å². The van der Waals surface area contributed by atoms with Gasteiger partial charge in [0, 0.05) is 48.6 Å². The van der Waals surface area contributed by atoms with Crippen LogP contribution in [-0.2, 0) is 16.0 Å². The highest BCUT2D eigenvalue weighted by atomic mass is 16.5.